The second-order valence-electron chi connectivity index (χ2n) is 5.46. The molecule has 1 aliphatic heterocycles. The maximum absolute atomic E-state index is 12.8. The molecule has 1 aliphatic rings. The Kier molecular flexibility index (Phi) is 4.43. The molecule has 21 heavy (non-hydrogen) atoms. The minimum atomic E-state index is -4.49. The highest BCUT2D eigenvalue weighted by atomic mass is 19.4. The number of alkyl halides is 3. The first-order valence-corrected chi connectivity index (χ1v) is 6.93. The first-order chi connectivity index (χ1) is 9.82. The van der Waals surface area contributed by atoms with Gasteiger partial charge in [-0.2, -0.15) is 18.4 Å². The standard InChI is InChI=1S/C15H18F3N3/c1-11(2)20-5-7-21(8-6-20)13-3-4-14(15(16,17)18)12(9-13)10-19/h3-4,9,11H,5-8H2,1-2H3. The predicted octanol–water partition coefficient (Wildman–Crippen LogP) is 3.11. The van der Waals surface area contributed by atoms with Gasteiger partial charge in [0, 0.05) is 37.9 Å². The van der Waals surface area contributed by atoms with Crippen molar-refractivity contribution >= 4 is 5.69 Å². The van der Waals surface area contributed by atoms with Gasteiger partial charge in [-0.1, -0.05) is 0 Å². The molecule has 0 unspecified atom stereocenters. The van der Waals surface area contributed by atoms with Gasteiger partial charge in [0.2, 0.25) is 0 Å². The van der Waals surface area contributed by atoms with E-state index in [2.05, 4.69) is 18.7 Å². The molecule has 0 aromatic heterocycles. The van der Waals surface area contributed by atoms with E-state index in [1.165, 1.54) is 12.1 Å². The topological polar surface area (TPSA) is 30.3 Å². The van der Waals surface area contributed by atoms with Gasteiger partial charge in [0.1, 0.15) is 0 Å². The van der Waals surface area contributed by atoms with Crippen LogP contribution < -0.4 is 4.90 Å². The second kappa shape index (κ2) is 5.94. The van der Waals surface area contributed by atoms with Crippen molar-refractivity contribution in [2.24, 2.45) is 0 Å². The van der Waals surface area contributed by atoms with Crippen LogP contribution in [0.25, 0.3) is 0 Å². The number of nitrogens with zero attached hydrogens (tertiary/aromatic N) is 3. The SMILES string of the molecule is CC(C)N1CCN(c2ccc(C(F)(F)F)c(C#N)c2)CC1. The molecule has 1 aromatic rings. The van der Waals surface area contributed by atoms with Crippen LogP contribution in [-0.2, 0) is 6.18 Å². The summed E-state index contributed by atoms with van der Waals surface area (Å²) in [5.41, 5.74) is -0.496. The van der Waals surface area contributed by atoms with Crippen LogP contribution in [0, 0.1) is 11.3 Å². The third-order valence-electron chi connectivity index (χ3n) is 3.84. The zero-order chi connectivity index (χ0) is 15.6. The van der Waals surface area contributed by atoms with Crippen molar-refractivity contribution in [1.82, 2.24) is 4.90 Å². The summed E-state index contributed by atoms with van der Waals surface area (Å²) in [7, 11) is 0. The summed E-state index contributed by atoms with van der Waals surface area (Å²) < 4.78 is 38.3. The lowest BCUT2D eigenvalue weighted by Crippen LogP contribution is -2.48. The third-order valence-corrected chi connectivity index (χ3v) is 3.84. The van der Waals surface area contributed by atoms with E-state index in [9.17, 15) is 13.2 Å². The second-order valence-corrected chi connectivity index (χ2v) is 5.46. The van der Waals surface area contributed by atoms with Crippen molar-refractivity contribution in [2.75, 3.05) is 31.1 Å². The minimum Gasteiger partial charge on any atom is -0.369 e. The highest BCUT2D eigenvalue weighted by Gasteiger charge is 2.34. The molecule has 114 valence electrons. The number of hydrogen-bond acceptors (Lipinski definition) is 3. The number of piperazine rings is 1. The number of benzene rings is 1. The minimum absolute atomic E-state index is 0.314. The van der Waals surface area contributed by atoms with E-state index in [0.29, 0.717) is 11.7 Å². The molecule has 1 fully saturated rings. The van der Waals surface area contributed by atoms with E-state index in [4.69, 9.17) is 5.26 Å². The quantitative estimate of drug-likeness (QED) is 0.840. The molecular weight excluding hydrogens is 279 g/mol. The molecule has 0 bridgehead atoms. The zero-order valence-electron chi connectivity index (χ0n) is 12.1. The molecule has 0 atom stereocenters. The van der Waals surface area contributed by atoms with Gasteiger partial charge in [0.15, 0.2) is 0 Å². The molecule has 0 spiro atoms. The Hall–Kier alpha value is -1.74. The van der Waals surface area contributed by atoms with Gasteiger partial charge in [0.25, 0.3) is 0 Å². The fourth-order valence-electron chi connectivity index (χ4n) is 2.57. The van der Waals surface area contributed by atoms with Gasteiger partial charge in [0.05, 0.1) is 17.2 Å². The number of rotatable bonds is 2. The number of halogens is 3. The maximum Gasteiger partial charge on any atom is 0.417 e. The fourth-order valence-corrected chi connectivity index (χ4v) is 2.57. The summed E-state index contributed by atoms with van der Waals surface area (Å²) in [4.78, 5) is 4.35. The smallest absolute Gasteiger partial charge is 0.369 e. The largest absolute Gasteiger partial charge is 0.417 e. The van der Waals surface area contributed by atoms with E-state index in [0.717, 1.165) is 32.2 Å². The van der Waals surface area contributed by atoms with Crippen LogP contribution in [0.2, 0.25) is 0 Å². The lowest BCUT2D eigenvalue weighted by Gasteiger charge is -2.38. The van der Waals surface area contributed by atoms with E-state index in [1.807, 2.05) is 4.90 Å². The van der Waals surface area contributed by atoms with Crippen LogP contribution in [0.3, 0.4) is 0 Å². The average molecular weight is 297 g/mol. The lowest BCUT2D eigenvalue weighted by molar-refractivity contribution is -0.137. The average Bonchev–Trinajstić information content (AvgIpc) is 2.45. The highest BCUT2D eigenvalue weighted by molar-refractivity contribution is 5.55. The Morgan fingerprint density at radius 3 is 2.24 bits per heavy atom. The molecule has 0 radical (unpaired) electrons. The molecule has 1 aromatic carbocycles. The summed E-state index contributed by atoms with van der Waals surface area (Å²) in [5, 5.41) is 8.94. The fraction of sp³-hybridized carbons (Fsp3) is 0.533. The summed E-state index contributed by atoms with van der Waals surface area (Å²) >= 11 is 0. The number of hydrogen-bond donors (Lipinski definition) is 0. The highest BCUT2D eigenvalue weighted by Crippen LogP contribution is 2.33. The van der Waals surface area contributed by atoms with Gasteiger partial charge in [-0.25, -0.2) is 0 Å². The van der Waals surface area contributed by atoms with Crippen LogP contribution in [0.5, 0.6) is 0 Å². The van der Waals surface area contributed by atoms with E-state index in [1.54, 1.807) is 6.07 Å². The van der Waals surface area contributed by atoms with Gasteiger partial charge in [-0.05, 0) is 32.0 Å². The van der Waals surface area contributed by atoms with Crippen molar-refractivity contribution in [3.63, 3.8) is 0 Å². The summed E-state index contributed by atoms with van der Waals surface area (Å²) in [6, 6.07) is 5.92. The molecule has 0 saturated carbocycles. The van der Waals surface area contributed by atoms with E-state index >= 15 is 0 Å². The van der Waals surface area contributed by atoms with Crippen LogP contribution in [-0.4, -0.2) is 37.1 Å². The molecule has 2 rings (SSSR count). The Labute approximate surface area is 122 Å². The van der Waals surface area contributed by atoms with Crippen molar-refractivity contribution in [3.05, 3.63) is 29.3 Å². The summed E-state index contributed by atoms with van der Waals surface area (Å²) in [6.45, 7) is 7.52. The summed E-state index contributed by atoms with van der Waals surface area (Å²) in [5.74, 6) is 0. The van der Waals surface area contributed by atoms with Gasteiger partial charge in [-0.15, -0.1) is 0 Å². The first kappa shape index (κ1) is 15.6. The Morgan fingerprint density at radius 1 is 1.14 bits per heavy atom. The lowest BCUT2D eigenvalue weighted by atomic mass is 10.1. The van der Waals surface area contributed by atoms with Gasteiger partial charge >= 0.3 is 6.18 Å². The van der Waals surface area contributed by atoms with E-state index < -0.39 is 11.7 Å². The number of anilines is 1. The van der Waals surface area contributed by atoms with Crippen molar-refractivity contribution < 1.29 is 13.2 Å². The number of nitriles is 1. The van der Waals surface area contributed by atoms with E-state index in [-0.39, 0.29) is 5.56 Å². The maximum atomic E-state index is 12.8. The van der Waals surface area contributed by atoms with Crippen LogP contribution in [0.4, 0.5) is 18.9 Å². The first-order valence-electron chi connectivity index (χ1n) is 6.93. The third kappa shape index (κ3) is 3.48. The normalized spacial score (nSPS) is 17.1. The summed E-state index contributed by atoms with van der Waals surface area (Å²) in [6.07, 6.45) is -4.49. The van der Waals surface area contributed by atoms with Crippen LogP contribution in [0.1, 0.15) is 25.0 Å². The molecule has 1 saturated heterocycles. The Bertz CT molecular complexity index is 538. The van der Waals surface area contributed by atoms with Crippen LogP contribution >= 0.6 is 0 Å². The zero-order valence-corrected chi connectivity index (χ0v) is 12.1. The van der Waals surface area contributed by atoms with Crippen molar-refractivity contribution in [2.45, 2.75) is 26.1 Å². The molecule has 3 nitrogen and oxygen atoms in total. The molecule has 0 N–H and O–H groups in total. The molecule has 6 heteroatoms. The van der Waals surface area contributed by atoms with Crippen LogP contribution in [0.15, 0.2) is 18.2 Å². The molecule has 0 amide bonds. The predicted molar refractivity (Wildman–Crippen MR) is 75.1 cm³/mol. The Balaban J connectivity index is 2.18. The molecule has 0 aliphatic carbocycles. The molecular formula is C15H18F3N3. The molecule has 1 heterocycles. The van der Waals surface area contributed by atoms with Gasteiger partial charge < -0.3 is 4.90 Å². The van der Waals surface area contributed by atoms with Gasteiger partial charge in [-0.3, -0.25) is 4.90 Å². The van der Waals surface area contributed by atoms with Crippen molar-refractivity contribution in [1.29, 1.82) is 5.26 Å². The monoisotopic (exact) mass is 297 g/mol. The Morgan fingerprint density at radius 2 is 1.76 bits per heavy atom. The van der Waals surface area contributed by atoms with Crippen molar-refractivity contribution in [3.8, 4) is 6.07 Å².